The molecule has 0 unspecified atom stereocenters. The summed E-state index contributed by atoms with van der Waals surface area (Å²) in [7, 11) is 0. The number of hydrogen-bond acceptors (Lipinski definition) is 1. The molecule has 3 heterocycles. The Morgan fingerprint density at radius 3 is 1.62 bits per heavy atom. The second kappa shape index (κ2) is 12.5. The van der Waals surface area contributed by atoms with Crippen molar-refractivity contribution >= 4 is 6.71 Å². The molecule has 26 heavy (non-hydrogen) atoms. The number of hydrogen-bond donors (Lipinski definition) is 0. The van der Waals surface area contributed by atoms with Gasteiger partial charge < -0.3 is 4.90 Å². The zero-order valence-electron chi connectivity index (χ0n) is 17.7. The molecule has 0 N–H and O–H groups in total. The molecule has 3 aliphatic heterocycles. The normalized spacial score (nSPS) is 27.0. The van der Waals surface area contributed by atoms with E-state index in [-0.39, 0.29) is 0 Å². The van der Waals surface area contributed by atoms with Gasteiger partial charge in [-0.15, -0.1) is 0 Å². The van der Waals surface area contributed by atoms with Gasteiger partial charge in [0.25, 0.3) is 0 Å². The standard InChI is InChI=1S/C24H46BN/c1(3-5-7-10-20-26-21-11-8-12-22-26)2-4-6-9-19-25-23-15-13-16-24(25)18-14-17-23/h23-24H,1-22H2. The lowest BCUT2D eigenvalue weighted by molar-refractivity contribution is 0.224. The maximum absolute atomic E-state index is 2.70. The Kier molecular flexibility index (Phi) is 9.96. The average molecular weight is 359 g/mol. The summed E-state index contributed by atoms with van der Waals surface area (Å²) in [6, 6.07) is 0. The number of rotatable bonds is 12. The van der Waals surface area contributed by atoms with Gasteiger partial charge in [-0.1, -0.05) is 114 Å². The molecule has 0 radical (unpaired) electrons. The Balaban J connectivity index is 1.09. The summed E-state index contributed by atoms with van der Waals surface area (Å²) in [5.74, 6) is 2.26. The van der Waals surface area contributed by atoms with E-state index < -0.39 is 0 Å². The van der Waals surface area contributed by atoms with Crippen molar-refractivity contribution in [2.24, 2.45) is 0 Å². The van der Waals surface area contributed by atoms with Gasteiger partial charge in [0, 0.05) is 0 Å². The van der Waals surface area contributed by atoms with Crippen LogP contribution in [-0.2, 0) is 0 Å². The minimum absolute atomic E-state index is 1.13. The number of unbranched alkanes of at least 4 members (excludes halogenated alkanes) is 8. The van der Waals surface area contributed by atoms with Gasteiger partial charge in [-0.25, -0.2) is 0 Å². The van der Waals surface area contributed by atoms with Crippen molar-refractivity contribution in [1.29, 1.82) is 0 Å². The van der Waals surface area contributed by atoms with Gasteiger partial charge >= 0.3 is 0 Å². The van der Waals surface area contributed by atoms with E-state index in [4.69, 9.17) is 0 Å². The van der Waals surface area contributed by atoms with E-state index in [0.29, 0.717) is 0 Å². The van der Waals surface area contributed by atoms with Crippen molar-refractivity contribution in [2.45, 2.75) is 134 Å². The van der Waals surface area contributed by atoms with Crippen LogP contribution in [0.4, 0.5) is 0 Å². The molecule has 1 nitrogen and oxygen atoms in total. The molecule has 3 rings (SSSR count). The van der Waals surface area contributed by atoms with Crippen molar-refractivity contribution < 1.29 is 0 Å². The minimum atomic E-state index is 1.13. The second-order valence-corrected chi connectivity index (χ2v) is 9.92. The van der Waals surface area contributed by atoms with E-state index in [1.54, 1.807) is 44.8 Å². The van der Waals surface area contributed by atoms with Crippen LogP contribution in [0.1, 0.15) is 116 Å². The Bertz CT molecular complexity index is 330. The van der Waals surface area contributed by atoms with Crippen LogP contribution in [0.5, 0.6) is 0 Å². The van der Waals surface area contributed by atoms with Crippen LogP contribution in [-0.4, -0.2) is 31.2 Å². The van der Waals surface area contributed by atoms with Crippen molar-refractivity contribution in [1.82, 2.24) is 4.90 Å². The molecular formula is C24H46BN. The molecule has 3 fully saturated rings. The van der Waals surface area contributed by atoms with E-state index in [2.05, 4.69) is 4.90 Å². The molecule has 3 aliphatic rings. The van der Waals surface area contributed by atoms with Crippen LogP contribution in [0.15, 0.2) is 0 Å². The molecule has 0 amide bonds. The average Bonchev–Trinajstić information content (AvgIpc) is 2.66. The predicted octanol–water partition coefficient (Wildman–Crippen LogP) is 7.59. The largest absolute Gasteiger partial charge is 0.303 e. The van der Waals surface area contributed by atoms with Gasteiger partial charge in [0.1, 0.15) is 6.71 Å². The number of likely N-dealkylation sites (tertiary alicyclic amines) is 1. The first kappa shape index (κ1) is 20.8. The first-order valence-corrected chi connectivity index (χ1v) is 12.7. The molecule has 0 aliphatic carbocycles. The molecule has 0 aromatic rings. The third-order valence-corrected chi connectivity index (χ3v) is 7.97. The topological polar surface area (TPSA) is 3.24 Å². The fourth-order valence-corrected chi connectivity index (χ4v) is 6.42. The van der Waals surface area contributed by atoms with Crippen molar-refractivity contribution in [3.63, 3.8) is 0 Å². The summed E-state index contributed by atoms with van der Waals surface area (Å²) >= 11 is 0. The summed E-state index contributed by atoms with van der Waals surface area (Å²) in [5.41, 5.74) is 0. The van der Waals surface area contributed by atoms with Crippen LogP contribution >= 0.6 is 0 Å². The number of fused-ring (bicyclic) bond motifs is 2. The van der Waals surface area contributed by atoms with Crippen molar-refractivity contribution in [3.8, 4) is 0 Å². The van der Waals surface area contributed by atoms with Crippen LogP contribution in [0.3, 0.4) is 0 Å². The number of nitrogens with zero attached hydrogens (tertiary/aromatic N) is 1. The van der Waals surface area contributed by atoms with Gasteiger partial charge in [0.2, 0.25) is 0 Å². The molecule has 150 valence electrons. The van der Waals surface area contributed by atoms with E-state index in [0.717, 1.165) is 18.3 Å². The fraction of sp³-hybridized carbons (Fsp3) is 1.00. The Morgan fingerprint density at radius 2 is 1.04 bits per heavy atom. The van der Waals surface area contributed by atoms with Gasteiger partial charge in [-0.2, -0.15) is 0 Å². The third kappa shape index (κ3) is 7.21. The summed E-state index contributed by atoms with van der Waals surface area (Å²) in [4.78, 5) is 2.70. The van der Waals surface area contributed by atoms with E-state index in [1.165, 1.54) is 96.7 Å². The van der Waals surface area contributed by atoms with E-state index >= 15 is 0 Å². The van der Waals surface area contributed by atoms with E-state index in [9.17, 15) is 0 Å². The maximum atomic E-state index is 2.70. The molecule has 2 heteroatoms. The zero-order chi connectivity index (χ0) is 17.9. The quantitative estimate of drug-likeness (QED) is 0.256. The highest BCUT2D eigenvalue weighted by molar-refractivity contribution is 6.62. The first-order chi connectivity index (χ1) is 12.9. The van der Waals surface area contributed by atoms with Crippen molar-refractivity contribution in [3.05, 3.63) is 0 Å². The number of piperidine rings is 1. The van der Waals surface area contributed by atoms with Gasteiger partial charge in [0.15, 0.2) is 0 Å². The molecule has 0 saturated carbocycles. The Hall–Kier alpha value is 0.0249. The Morgan fingerprint density at radius 1 is 0.538 bits per heavy atom. The molecule has 0 spiro atoms. The lowest BCUT2D eigenvalue weighted by Gasteiger charge is -2.40. The monoisotopic (exact) mass is 359 g/mol. The van der Waals surface area contributed by atoms with Crippen LogP contribution in [0.25, 0.3) is 0 Å². The summed E-state index contributed by atoms with van der Waals surface area (Å²) in [6.07, 6.45) is 28.8. The predicted molar refractivity (Wildman–Crippen MR) is 118 cm³/mol. The molecule has 0 aromatic heterocycles. The van der Waals surface area contributed by atoms with Gasteiger partial charge in [-0.05, 0) is 38.9 Å². The molecule has 2 bridgehead atoms. The fourth-order valence-electron chi connectivity index (χ4n) is 6.42. The highest BCUT2D eigenvalue weighted by Gasteiger charge is 2.37. The maximum Gasteiger partial charge on any atom is 0.146 e. The molecule has 0 aromatic carbocycles. The van der Waals surface area contributed by atoms with Gasteiger partial charge in [0.05, 0.1) is 0 Å². The van der Waals surface area contributed by atoms with Crippen LogP contribution < -0.4 is 0 Å². The third-order valence-electron chi connectivity index (χ3n) is 7.97. The lowest BCUT2D eigenvalue weighted by Crippen LogP contribution is -2.34. The van der Waals surface area contributed by atoms with Crippen LogP contribution in [0.2, 0.25) is 18.0 Å². The summed E-state index contributed by atoms with van der Waals surface area (Å²) in [6.45, 7) is 5.27. The second-order valence-electron chi connectivity index (χ2n) is 9.92. The molecule has 0 atom stereocenters. The van der Waals surface area contributed by atoms with Gasteiger partial charge in [-0.3, -0.25) is 0 Å². The first-order valence-electron chi connectivity index (χ1n) is 12.7. The highest BCUT2D eigenvalue weighted by Crippen LogP contribution is 2.48. The highest BCUT2D eigenvalue weighted by atomic mass is 15.1. The minimum Gasteiger partial charge on any atom is -0.303 e. The SMILES string of the molecule is C(CCCCCB1C2CCCC1CCC2)CCCCCN1CCCCC1. The molecular weight excluding hydrogens is 313 g/mol. The Labute approximate surface area is 165 Å². The summed E-state index contributed by atoms with van der Waals surface area (Å²) in [5, 5.41) is 0. The lowest BCUT2D eigenvalue weighted by atomic mass is 9.26. The van der Waals surface area contributed by atoms with E-state index in [1.807, 2.05) is 0 Å². The molecule has 3 saturated heterocycles. The summed E-state index contributed by atoms with van der Waals surface area (Å²) < 4.78 is 0. The van der Waals surface area contributed by atoms with Crippen molar-refractivity contribution in [2.75, 3.05) is 19.6 Å². The smallest absolute Gasteiger partial charge is 0.146 e. The zero-order valence-corrected chi connectivity index (χ0v) is 17.7. The van der Waals surface area contributed by atoms with Crippen LogP contribution in [0, 0.1) is 0 Å².